The van der Waals surface area contributed by atoms with Gasteiger partial charge < -0.3 is 15.6 Å². The van der Waals surface area contributed by atoms with Gasteiger partial charge in [-0.1, -0.05) is 29.8 Å². The third-order valence-electron chi connectivity index (χ3n) is 3.55. The van der Waals surface area contributed by atoms with E-state index in [1.807, 2.05) is 0 Å². The van der Waals surface area contributed by atoms with E-state index in [0.717, 1.165) is 10.9 Å². The fourth-order valence-corrected chi connectivity index (χ4v) is 3.14. The van der Waals surface area contributed by atoms with E-state index in [-0.39, 0.29) is 17.5 Å². The zero-order valence-electron chi connectivity index (χ0n) is 13.2. The molecule has 9 heteroatoms. The highest BCUT2D eigenvalue weighted by Gasteiger charge is 2.28. The molecule has 1 aromatic heterocycles. The fraction of sp³-hybridized carbons (Fsp3) is 0.118. The molecule has 0 spiro atoms. The van der Waals surface area contributed by atoms with Gasteiger partial charge in [0.15, 0.2) is 0 Å². The first kappa shape index (κ1) is 18.5. The summed E-state index contributed by atoms with van der Waals surface area (Å²) in [5.74, 6) is -0.289. The number of fused-ring (bicyclic) bond motifs is 1. The number of thioether (sulfide) groups is 1. The molecular weight excluding hydrogens is 387 g/mol. The van der Waals surface area contributed by atoms with Crippen molar-refractivity contribution in [1.29, 1.82) is 0 Å². The van der Waals surface area contributed by atoms with Crippen LogP contribution in [0.4, 0.5) is 29.3 Å². The summed E-state index contributed by atoms with van der Waals surface area (Å²) in [6, 6.07) is 11.0. The number of nitrogens with one attached hydrogen (secondary N) is 3. The summed E-state index contributed by atoms with van der Waals surface area (Å²) in [6.45, 7) is 0. The van der Waals surface area contributed by atoms with Crippen molar-refractivity contribution in [3.05, 3.63) is 59.2 Å². The molecule has 136 valence electrons. The van der Waals surface area contributed by atoms with Gasteiger partial charge >= 0.3 is 11.5 Å². The van der Waals surface area contributed by atoms with E-state index in [4.69, 9.17) is 11.6 Å². The van der Waals surface area contributed by atoms with Crippen molar-refractivity contribution >= 4 is 51.7 Å². The van der Waals surface area contributed by atoms with Crippen LogP contribution in [0.5, 0.6) is 0 Å². The molecule has 3 aromatic rings. The number of halogens is 4. The molecule has 0 radical (unpaired) electrons. The normalized spacial score (nSPS) is 11.5. The summed E-state index contributed by atoms with van der Waals surface area (Å²) in [5, 5.41) is 6.51. The molecular formula is C17H13ClF3N3OS. The monoisotopic (exact) mass is 399 g/mol. The Labute approximate surface area is 156 Å². The van der Waals surface area contributed by atoms with Crippen molar-refractivity contribution in [1.82, 2.24) is 4.98 Å². The second kappa shape index (κ2) is 7.51. The van der Waals surface area contributed by atoms with Crippen molar-refractivity contribution < 1.29 is 18.0 Å². The molecule has 0 unspecified atom stereocenters. The minimum Gasteiger partial charge on any atom is -0.359 e. The molecule has 26 heavy (non-hydrogen) atoms. The van der Waals surface area contributed by atoms with Crippen LogP contribution in [0.15, 0.2) is 48.7 Å². The van der Waals surface area contributed by atoms with Gasteiger partial charge in [0, 0.05) is 33.6 Å². The second-order valence-corrected chi connectivity index (χ2v) is 6.84. The largest absolute Gasteiger partial charge is 0.442 e. The maximum atomic E-state index is 12.4. The lowest BCUT2D eigenvalue weighted by atomic mass is 10.2. The Hall–Kier alpha value is -2.32. The van der Waals surface area contributed by atoms with Crippen LogP contribution in [0.1, 0.15) is 5.56 Å². The Balaban J connectivity index is 1.73. The topological polar surface area (TPSA) is 56.9 Å². The van der Waals surface area contributed by atoms with Gasteiger partial charge in [0.2, 0.25) is 0 Å². The smallest absolute Gasteiger partial charge is 0.359 e. The molecule has 0 fully saturated rings. The standard InChI is InChI=1S/C17H13ClF3N3OS/c18-11-5-6-14-12(7-11)15(8-22-14)24-16(25)23-13-4-2-1-3-10(13)9-26-17(19,20)21/h1-8,22H,9H2,(H2,23,24,25). The SMILES string of the molecule is O=C(Nc1ccccc1CSC(F)(F)F)Nc1c[nH]c2ccc(Cl)cc12. The van der Waals surface area contributed by atoms with Gasteiger partial charge in [0.25, 0.3) is 0 Å². The number of H-pyrrole nitrogens is 1. The number of aromatic nitrogens is 1. The molecule has 2 aromatic carbocycles. The van der Waals surface area contributed by atoms with Crippen LogP contribution in [-0.4, -0.2) is 16.5 Å². The Bertz CT molecular complexity index is 942. The van der Waals surface area contributed by atoms with E-state index >= 15 is 0 Å². The van der Waals surface area contributed by atoms with Crippen LogP contribution in [0.3, 0.4) is 0 Å². The van der Waals surface area contributed by atoms with Crippen molar-refractivity contribution in [2.45, 2.75) is 11.3 Å². The van der Waals surface area contributed by atoms with Crippen LogP contribution >= 0.6 is 23.4 Å². The predicted octanol–water partition coefficient (Wildman–Crippen LogP) is 6.22. The molecule has 0 saturated heterocycles. The number of alkyl halides is 3. The molecule has 0 aliphatic heterocycles. The highest BCUT2D eigenvalue weighted by atomic mass is 35.5. The van der Waals surface area contributed by atoms with E-state index in [2.05, 4.69) is 15.6 Å². The zero-order valence-corrected chi connectivity index (χ0v) is 14.7. The fourth-order valence-electron chi connectivity index (χ4n) is 2.40. The van der Waals surface area contributed by atoms with Crippen molar-refractivity contribution in [3.8, 4) is 0 Å². The Morgan fingerprint density at radius 2 is 1.85 bits per heavy atom. The van der Waals surface area contributed by atoms with Crippen molar-refractivity contribution in [2.75, 3.05) is 10.6 Å². The van der Waals surface area contributed by atoms with Crippen LogP contribution in [-0.2, 0) is 5.75 Å². The number of aromatic amines is 1. The number of rotatable bonds is 4. The van der Waals surface area contributed by atoms with Crippen molar-refractivity contribution in [3.63, 3.8) is 0 Å². The van der Waals surface area contributed by atoms with Gasteiger partial charge in [0.05, 0.1) is 5.69 Å². The lowest BCUT2D eigenvalue weighted by molar-refractivity contribution is -0.0329. The summed E-state index contributed by atoms with van der Waals surface area (Å²) in [7, 11) is 0. The maximum Gasteiger partial charge on any atom is 0.442 e. The molecule has 1 heterocycles. The molecule has 0 aliphatic rings. The highest BCUT2D eigenvalue weighted by Crippen LogP contribution is 2.34. The molecule has 0 aliphatic carbocycles. The number of anilines is 2. The van der Waals surface area contributed by atoms with Crippen LogP contribution in [0.25, 0.3) is 10.9 Å². The van der Waals surface area contributed by atoms with Crippen molar-refractivity contribution in [2.24, 2.45) is 0 Å². The van der Waals surface area contributed by atoms with E-state index in [0.29, 0.717) is 22.0 Å². The first-order valence-electron chi connectivity index (χ1n) is 7.45. The number of para-hydroxylation sites is 1. The average molecular weight is 400 g/mol. The summed E-state index contributed by atoms with van der Waals surface area (Å²) >= 11 is 5.82. The Kier molecular flexibility index (Phi) is 5.33. The van der Waals surface area contributed by atoms with Gasteiger partial charge in [-0.25, -0.2) is 4.79 Å². The molecule has 4 nitrogen and oxygen atoms in total. The van der Waals surface area contributed by atoms with E-state index in [1.165, 1.54) is 0 Å². The van der Waals surface area contributed by atoms with Gasteiger partial charge in [0.1, 0.15) is 0 Å². The lowest BCUT2D eigenvalue weighted by Gasteiger charge is -2.12. The van der Waals surface area contributed by atoms with Gasteiger partial charge in [-0.3, -0.25) is 0 Å². The third-order valence-corrected chi connectivity index (χ3v) is 4.57. The average Bonchev–Trinajstić information content (AvgIpc) is 2.95. The number of hydrogen-bond donors (Lipinski definition) is 3. The minimum absolute atomic E-state index is 0.155. The van der Waals surface area contributed by atoms with Crippen LogP contribution < -0.4 is 10.6 Å². The predicted molar refractivity (Wildman–Crippen MR) is 99.7 cm³/mol. The highest BCUT2D eigenvalue weighted by molar-refractivity contribution is 7.99. The van der Waals surface area contributed by atoms with E-state index in [9.17, 15) is 18.0 Å². The quantitative estimate of drug-likeness (QED) is 0.488. The number of carbonyl (C=O) groups is 1. The maximum absolute atomic E-state index is 12.4. The second-order valence-electron chi connectivity index (χ2n) is 5.36. The van der Waals surface area contributed by atoms with E-state index < -0.39 is 11.5 Å². The lowest BCUT2D eigenvalue weighted by Crippen LogP contribution is -2.20. The molecule has 3 N–H and O–H groups in total. The molecule has 0 atom stereocenters. The van der Waals surface area contributed by atoms with Gasteiger partial charge in [-0.05, 0) is 41.6 Å². The summed E-state index contributed by atoms with van der Waals surface area (Å²) in [4.78, 5) is 15.3. The number of carbonyl (C=O) groups excluding carboxylic acids is 1. The molecule has 0 saturated carbocycles. The zero-order chi connectivity index (χ0) is 18.7. The third kappa shape index (κ3) is 4.64. The first-order valence-corrected chi connectivity index (χ1v) is 8.81. The van der Waals surface area contributed by atoms with E-state index in [1.54, 1.807) is 48.7 Å². The molecule has 3 rings (SSSR count). The summed E-state index contributed by atoms with van der Waals surface area (Å²) < 4.78 is 37.3. The molecule has 2 amide bonds. The summed E-state index contributed by atoms with van der Waals surface area (Å²) in [5.41, 5.74) is -2.32. The van der Waals surface area contributed by atoms with Gasteiger partial charge in [-0.2, -0.15) is 13.2 Å². The van der Waals surface area contributed by atoms with Crippen LogP contribution in [0.2, 0.25) is 5.02 Å². The number of amides is 2. The Morgan fingerprint density at radius 3 is 2.62 bits per heavy atom. The number of urea groups is 1. The Morgan fingerprint density at radius 1 is 1.12 bits per heavy atom. The summed E-state index contributed by atoms with van der Waals surface area (Å²) in [6.07, 6.45) is 1.62. The number of benzene rings is 2. The number of hydrogen-bond acceptors (Lipinski definition) is 2. The molecule has 0 bridgehead atoms. The van der Waals surface area contributed by atoms with Gasteiger partial charge in [-0.15, -0.1) is 0 Å². The van der Waals surface area contributed by atoms with Crippen LogP contribution in [0, 0.1) is 0 Å². The first-order chi connectivity index (χ1) is 12.3. The minimum atomic E-state index is -4.33.